The van der Waals surface area contributed by atoms with Crippen LogP contribution in [0.25, 0.3) is 0 Å². The minimum atomic E-state index is -0.880. The second kappa shape index (κ2) is 7.22. The number of carbonyl (C=O) groups is 2. The molecule has 2 unspecified atom stereocenters. The molecule has 0 aromatic heterocycles. The summed E-state index contributed by atoms with van der Waals surface area (Å²) in [7, 11) is 0. The standard InChI is InChI=1S/C16H21NO4/c1-11(16(19)20)12-5-4-6-13(9-12)17-15(18)10-14-7-2-3-8-21-14/h4-6,9,11,14H,2-3,7-8,10H2,1H3,(H,17,18)(H,19,20). The molecule has 114 valence electrons. The van der Waals surface area contributed by atoms with Crippen LogP contribution in [-0.2, 0) is 14.3 Å². The molecule has 1 heterocycles. The summed E-state index contributed by atoms with van der Waals surface area (Å²) in [6.45, 7) is 2.35. The van der Waals surface area contributed by atoms with Crippen LogP contribution in [0.5, 0.6) is 0 Å². The Balaban J connectivity index is 1.94. The first-order chi connectivity index (χ1) is 10.1. The number of hydrogen-bond donors (Lipinski definition) is 2. The molecule has 0 spiro atoms. The zero-order valence-corrected chi connectivity index (χ0v) is 12.2. The van der Waals surface area contributed by atoms with Gasteiger partial charge in [-0.05, 0) is 43.9 Å². The number of carboxylic acids is 1. The van der Waals surface area contributed by atoms with E-state index < -0.39 is 11.9 Å². The smallest absolute Gasteiger partial charge is 0.310 e. The lowest BCUT2D eigenvalue weighted by molar-refractivity contribution is -0.138. The number of aliphatic carboxylic acids is 1. The average molecular weight is 291 g/mol. The number of rotatable bonds is 5. The lowest BCUT2D eigenvalue weighted by atomic mass is 10.0. The van der Waals surface area contributed by atoms with E-state index in [0.29, 0.717) is 17.7 Å². The number of benzene rings is 1. The molecule has 2 atom stereocenters. The van der Waals surface area contributed by atoms with Gasteiger partial charge in [0.15, 0.2) is 0 Å². The summed E-state index contributed by atoms with van der Waals surface area (Å²) in [6, 6.07) is 6.97. The van der Waals surface area contributed by atoms with Gasteiger partial charge in [0.1, 0.15) is 0 Å². The summed E-state index contributed by atoms with van der Waals surface area (Å²) in [5, 5.41) is 11.8. The van der Waals surface area contributed by atoms with Gasteiger partial charge in [0.25, 0.3) is 0 Å². The minimum absolute atomic E-state index is 0.000115. The van der Waals surface area contributed by atoms with Crippen LogP contribution in [0.2, 0.25) is 0 Å². The van der Waals surface area contributed by atoms with E-state index in [0.717, 1.165) is 25.9 Å². The fraction of sp³-hybridized carbons (Fsp3) is 0.500. The molecular weight excluding hydrogens is 270 g/mol. The number of carboxylic acid groups (broad SMARTS) is 1. The van der Waals surface area contributed by atoms with Gasteiger partial charge in [-0.15, -0.1) is 0 Å². The summed E-state index contributed by atoms with van der Waals surface area (Å²) in [5.41, 5.74) is 1.30. The Bertz CT molecular complexity index is 509. The molecule has 0 radical (unpaired) electrons. The van der Waals surface area contributed by atoms with Crippen molar-refractivity contribution in [2.24, 2.45) is 0 Å². The molecule has 0 saturated carbocycles. The maximum atomic E-state index is 12.0. The van der Waals surface area contributed by atoms with Crippen molar-refractivity contribution in [2.45, 2.75) is 44.6 Å². The Morgan fingerprint density at radius 3 is 2.90 bits per heavy atom. The van der Waals surface area contributed by atoms with Crippen molar-refractivity contribution in [3.05, 3.63) is 29.8 Å². The molecule has 21 heavy (non-hydrogen) atoms. The number of amides is 1. The van der Waals surface area contributed by atoms with Crippen molar-refractivity contribution < 1.29 is 19.4 Å². The SMILES string of the molecule is CC(C(=O)O)c1cccc(NC(=O)CC2CCCCO2)c1. The van der Waals surface area contributed by atoms with Crippen LogP contribution in [0.3, 0.4) is 0 Å². The van der Waals surface area contributed by atoms with Gasteiger partial charge in [0.2, 0.25) is 5.91 Å². The number of anilines is 1. The average Bonchev–Trinajstić information content (AvgIpc) is 2.47. The molecule has 1 aromatic carbocycles. The van der Waals surface area contributed by atoms with Gasteiger partial charge in [-0.25, -0.2) is 0 Å². The van der Waals surface area contributed by atoms with E-state index >= 15 is 0 Å². The van der Waals surface area contributed by atoms with Gasteiger partial charge in [0, 0.05) is 12.3 Å². The van der Waals surface area contributed by atoms with Crippen LogP contribution in [0.4, 0.5) is 5.69 Å². The van der Waals surface area contributed by atoms with Crippen LogP contribution >= 0.6 is 0 Å². The van der Waals surface area contributed by atoms with Crippen molar-refractivity contribution in [3.8, 4) is 0 Å². The fourth-order valence-corrected chi connectivity index (χ4v) is 2.42. The van der Waals surface area contributed by atoms with Crippen LogP contribution in [0.1, 0.15) is 44.1 Å². The highest BCUT2D eigenvalue weighted by Gasteiger charge is 2.18. The van der Waals surface area contributed by atoms with Gasteiger partial charge in [0.05, 0.1) is 18.4 Å². The van der Waals surface area contributed by atoms with E-state index in [4.69, 9.17) is 9.84 Å². The van der Waals surface area contributed by atoms with Crippen molar-refractivity contribution in [2.75, 3.05) is 11.9 Å². The van der Waals surface area contributed by atoms with Gasteiger partial charge in [-0.3, -0.25) is 9.59 Å². The molecule has 0 aliphatic carbocycles. The molecule has 0 bridgehead atoms. The fourth-order valence-electron chi connectivity index (χ4n) is 2.42. The molecular formula is C16H21NO4. The molecule has 2 rings (SSSR count). The molecule has 5 nitrogen and oxygen atoms in total. The van der Waals surface area contributed by atoms with Crippen LogP contribution < -0.4 is 5.32 Å². The van der Waals surface area contributed by atoms with Gasteiger partial charge in [-0.1, -0.05) is 12.1 Å². The maximum absolute atomic E-state index is 12.0. The monoisotopic (exact) mass is 291 g/mol. The van der Waals surface area contributed by atoms with Gasteiger partial charge >= 0.3 is 5.97 Å². The van der Waals surface area contributed by atoms with Crippen molar-refractivity contribution in [1.29, 1.82) is 0 Å². The lowest BCUT2D eigenvalue weighted by Gasteiger charge is -2.22. The Morgan fingerprint density at radius 2 is 2.24 bits per heavy atom. The Kier molecular flexibility index (Phi) is 5.33. The molecule has 1 fully saturated rings. The van der Waals surface area contributed by atoms with E-state index in [9.17, 15) is 9.59 Å². The topological polar surface area (TPSA) is 75.6 Å². The molecule has 2 N–H and O–H groups in total. The zero-order chi connectivity index (χ0) is 15.2. The number of ether oxygens (including phenoxy) is 1. The highest BCUT2D eigenvalue weighted by atomic mass is 16.5. The number of carbonyl (C=O) groups excluding carboxylic acids is 1. The first kappa shape index (κ1) is 15.5. The number of hydrogen-bond acceptors (Lipinski definition) is 3. The molecule has 1 aliphatic rings. The first-order valence-electron chi connectivity index (χ1n) is 7.30. The second-order valence-corrected chi connectivity index (χ2v) is 5.43. The van der Waals surface area contributed by atoms with Crippen LogP contribution in [0.15, 0.2) is 24.3 Å². The van der Waals surface area contributed by atoms with E-state index in [1.54, 1.807) is 31.2 Å². The molecule has 1 aliphatic heterocycles. The van der Waals surface area contributed by atoms with E-state index in [1.165, 1.54) is 0 Å². The third-order valence-corrected chi connectivity index (χ3v) is 3.73. The Hall–Kier alpha value is -1.88. The van der Waals surface area contributed by atoms with Crippen LogP contribution in [0, 0.1) is 0 Å². The summed E-state index contributed by atoms with van der Waals surface area (Å²) in [6.07, 6.45) is 3.43. The van der Waals surface area contributed by atoms with Gasteiger partial charge < -0.3 is 15.2 Å². The maximum Gasteiger partial charge on any atom is 0.310 e. The zero-order valence-electron chi connectivity index (χ0n) is 12.2. The van der Waals surface area contributed by atoms with Gasteiger partial charge in [-0.2, -0.15) is 0 Å². The first-order valence-corrected chi connectivity index (χ1v) is 7.30. The third-order valence-electron chi connectivity index (χ3n) is 3.73. The van der Waals surface area contributed by atoms with Crippen molar-refractivity contribution in [1.82, 2.24) is 0 Å². The van der Waals surface area contributed by atoms with Crippen molar-refractivity contribution in [3.63, 3.8) is 0 Å². The second-order valence-electron chi connectivity index (χ2n) is 5.43. The highest BCUT2D eigenvalue weighted by molar-refractivity contribution is 5.91. The largest absolute Gasteiger partial charge is 0.481 e. The third kappa shape index (κ3) is 4.56. The summed E-state index contributed by atoms with van der Waals surface area (Å²) in [4.78, 5) is 23.0. The van der Waals surface area contributed by atoms with Crippen molar-refractivity contribution >= 4 is 17.6 Å². The minimum Gasteiger partial charge on any atom is -0.481 e. The van der Waals surface area contributed by atoms with Crippen LogP contribution in [-0.4, -0.2) is 29.7 Å². The molecule has 1 aromatic rings. The summed E-state index contributed by atoms with van der Waals surface area (Å²) < 4.78 is 5.54. The quantitative estimate of drug-likeness (QED) is 0.874. The Morgan fingerprint density at radius 1 is 1.43 bits per heavy atom. The number of nitrogens with one attached hydrogen (secondary N) is 1. The molecule has 1 amide bonds. The highest BCUT2D eigenvalue weighted by Crippen LogP contribution is 2.20. The molecule has 5 heteroatoms. The Labute approximate surface area is 124 Å². The predicted molar refractivity (Wildman–Crippen MR) is 79.3 cm³/mol. The van der Waals surface area contributed by atoms with E-state index in [1.807, 2.05) is 0 Å². The predicted octanol–water partition coefficient (Wildman–Crippen LogP) is 2.77. The normalized spacial score (nSPS) is 19.8. The van der Waals surface area contributed by atoms with E-state index in [-0.39, 0.29) is 12.0 Å². The molecule has 1 saturated heterocycles. The summed E-state index contributed by atoms with van der Waals surface area (Å²) >= 11 is 0. The lowest BCUT2D eigenvalue weighted by Crippen LogP contribution is -2.25. The van der Waals surface area contributed by atoms with E-state index in [2.05, 4.69) is 5.32 Å². The summed E-state index contributed by atoms with van der Waals surface area (Å²) in [5.74, 6) is -1.57.